The van der Waals surface area contributed by atoms with E-state index in [0.717, 1.165) is 5.69 Å². The topological polar surface area (TPSA) is 51.1 Å². The van der Waals surface area contributed by atoms with Gasteiger partial charge in [-0.05, 0) is 54.1 Å². The third-order valence-corrected chi connectivity index (χ3v) is 4.83. The summed E-state index contributed by atoms with van der Waals surface area (Å²) in [6.45, 7) is 0. The first-order valence-corrected chi connectivity index (χ1v) is 9.03. The molecule has 0 aliphatic heterocycles. The molecule has 0 radical (unpaired) electrons. The molecule has 0 aliphatic carbocycles. The lowest BCUT2D eigenvalue weighted by Crippen LogP contribution is -2.15. The fraction of sp³-hybridized carbons (Fsp3) is 0.0588. The lowest BCUT2D eigenvalue weighted by molar-refractivity contribution is 0.600. The van der Waals surface area contributed by atoms with Gasteiger partial charge >= 0.3 is 0 Å². The van der Waals surface area contributed by atoms with E-state index in [0.29, 0.717) is 16.3 Å². The maximum absolute atomic E-state index is 12.2. The molecule has 1 heterocycles. The van der Waals surface area contributed by atoms with Gasteiger partial charge in [-0.1, -0.05) is 23.7 Å². The molecule has 0 spiro atoms. The zero-order valence-electron chi connectivity index (χ0n) is 12.2. The van der Waals surface area contributed by atoms with Crippen LogP contribution in [0.2, 0.25) is 5.02 Å². The van der Waals surface area contributed by atoms with Crippen LogP contribution in [0.3, 0.4) is 0 Å². The minimum absolute atomic E-state index is 0.0937. The Morgan fingerprint density at radius 3 is 2.13 bits per heavy atom. The minimum Gasteiger partial charge on any atom is -0.324 e. The number of hydrogen-bond acceptors (Lipinski definition) is 2. The number of benzene rings is 2. The molecule has 0 fully saturated rings. The second kappa shape index (κ2) is 6.48. The van der Waals surface area contributed by atoms with Crippen molar-refractivity contribution in [3.8, 4) is 5.69 Å². The van der Waals surface area contributed by atoms with Crippen LogP contribution in [0.1, 0.15) is 5.56 Å². The molecule has 0 amide bonds. The Kier molecular flexibility index (Phi) is 4.41. The summed E-state index contributed by atoms with van der Waals surface area (Å²) in [7, 11) is -3.47. The number of nitrogens with one attached hydrogen (secondary N) is 1. The van der Waals surface area contributed by atoms with Crippen LogP contribution in [0.5, 0.6) is 0 Å². The van der Waals surface area contributed by atoms with E-state index >= 15 is 0 Å². The van der Waals surface area contributed by atoms with Gasteiger partial charge in [0, 0.05) is 28.8 Å². The summed E-state index contributed by atoms with van der Waals surface area (Å²) in [6.07, 6.45) is 3.86. The number of sulfonamides is 1. The van der Waals surface area contributed by atoms with Crippen LogP contribution in [0.4, 0.5) is 5.69 Å². The van der Waals surface area contributed by atoms with Crippen molar-refractivity contribution in [2.45, 2.75) is 5.75 Å². The van der Waals surface area contributed by atoms with Gasteiger partial charge in [-0.15, -0.1) is 0 Å². The molecule has 0 bridgehead atoms. The summed E-state index contributed by atoms with van der Waals surface area (Å²) in [4.78, 5) is 0. The number of hydrogen-bond donors (Lipinski definition) is 1. The van der Waals surface area contributed by atoms with Crippen LogP contribution >= 0.6 is 11.6 Å². The van der Waals surface area contributed by atoms with E-state index in [-0.39, 0.29) is 5.75 Å². The largest absolute Gasteiger partial charge is 0.324 e. The first-order chi connectivity index (χ1) is 11.0. The van der Waals surface area contributed by atoms with Gasteiger partial charge in [0.1, 0.15) is 0 Å². The Balaban J connectivity index is 1.71. The van der Waals surface area contributed by atoms with Gasteiger partial charge in [0.15, 0.2) is 0 Å². The van der Waals surface area contributed by atoms with Gasteiger partial charge < -0.3 is 4.57 Å². The summed E-state index contributed by atoms with van der Waals surface area (Å²) >= 11 is 5.80. The molecule has 2 aromatic carbocycles. The van der Waals surface area contributed by atoms with Crippen LogP contribution in [0, 0.1) is 0 Å². The van der Waals surface area contributed by atoms with Crippen molar-refractivity contribution in [3.63, 3.8) is 0 Å². The van der Waals surface area contributed by atoms with Crippen molar-refractivity contribution in [3.05, 3.63) is 83.6 Å². The second-order valence-corrected chi connectivity index (χ2v) is 7.28. The number of nitrogens with zero attached hydrogens (tertiary/aromatic N) is 1. The molecule has 118 valence electrons. The molecule has 6 heteroatoms. The molecule has 4 nitrogen and oxygen atoms in total. The summed E-state index contributed by atoms with van der Waals surface area (Å²) in [6, 6.07) is 17.8. The molecule has 0 unspecified atom stereocenters. The first kappa shape index (κ1) is 15.6. The molecule has 0 saturated heterocycles. The molecule has 0 atom stereocenters. The molecule has 0 aliphatic rings. The quantitative estimate of drug-likeness (QED) is 0.757. The van der Waals surface area contributed by atoms with E-state index in [1.165, 1.54) is 0 Å². The van der Waals surface area contributed by atoms with Crippen molar-refractivity contribution < 1.29 is 8.42 Å². The highest BCUT2D eigenvalue weighted by atomic mass is 35.5. The van der Waals surface area contributed by atoms with Gasteiger partial charge in [0.05, 0.1) is 5.75 Å². The van der Waals surface area contributed by atoms with Crippen LogP contribution in [0.25, 0.3) is 5.69 Å². The predicted molar refractivity (Wildman–Crippen MR) is 93.5 cm³/mol. The van der Waals surface area contributed by atoms with Crippen molar-refractivity contribution >= 4 is 27.3 Å². The molecule has 0 saturated carbocycles. The SMILES string of the molecule is O=S(=O)(Cc1ccc(Cl)cc1)Nc1ccc(-n2cccc2)cc1. The van der Waals surface area contributed by atoms with E-state index in [4.69, 9.17) is 11.6 Å². The fourth-order valence-corrected chi connectivity index (χ4v) is 3.55. The zero-order valence-corrected chi connectivity index (χ0v) is 13.8. The lowest BCUT2D eigenvalue weighted by atomic mass is 10.2. The van der Waals surface area contributed by atoms with Gasteiger partial charge in [0.2, 0.25) is 10.0 Å². The highest BCUT2D eigenvalue weighted by molar-refractivity contribution is 7.91. The standard InChI is InChI=1S/C17H15ClN2O2S/c18-15-5-3-14(4-6-15)13-23(21,22)19-16-7-9-17(10-8-16)20-11-1-2-12-20/h1-12,19H,13H2. The summed E-state index contributed by atoms with van der Waals surface area (Å²) in [5.41, 5.74) is 2.19. The Labute approximate surface area is 140 Å². The lowest BCUT2D eigenvalue weighted by Gasteiger charge is -2.09. The fourth-order valence-electron chi connectivity index (χ4n) is 2.22. The van der Waals surface area contributed by atoms with Crippen LogP contribution < -0.4 is 4.72 Å². The average Bonchev–Trinajstić information content (AvgIpc) is 3.04. The Bertz CT molecular complexity index is 871. The van der Waals surface area contributed by atoms with Crippen molar-refractivity contribution in [1.29, 1.82) is 0 Å². The highest BCUT2D eigenvalue weighted by Crippen LogP contribution is 2.17. The zero-order chi connectivity index (χ0) is 16.3. The predicted octanol–water partition coefficient (Wildman–Crippen LogP) is 4.07. The Morgan fingerprint density at radius 2 is 1.52 bits per heavy atom. The number of aromatic nitrogens is 1. The number of rotatable bonds is 5. The highest BCUT2D eigenvalue weighted by Gasteiger charge is 2.11. The number of anilines is 1. The van der Waals surface area contributed by atoms with E-state index in [9.17, 15) is 8.42 Å². The van der Waals surface area contributed by atoms with E-state index in [1.807, 2.05) is 41.2 Å². The smallest absolute Gasteiger partial charge is 0.236 e. The van der Waals surface area contributed by atoms with Crippen molar-refractivity contribution in [1.82, 2.24) is 4.57 Å². The summed E-state index contributed by atoms with van der Waals surface area (Å²) in [5.74, 6) is -0.0937. The molecule has 1 aromatic heterocycles. The van der Waals surface area contributed by atoms with Gasteiger partial charge in [-0.25, -0.2) is 8.42 Å². The van der Waals surface area contributed by atoms with Crippen LogP contribution in [-0.4, -0.2) is 13.0 Å². The Hall–Kier alpha value is -2.24. The molecular formula is C17H15ClN2O2S. The van der Waals surface area contributed by atoms with Gasteiger partial charge in [-0.2, -0.15) is 0 Å². The minimum atomic E-state index is -3.47. The second-order valence-electron chi connectivity index (χ2n) is 5.12. The molecule has 3 aromatic rings. The maximum Gasteiger partial charge on any atom is 0.236 e. The first-order valence-electron chi connectivity index (χ1n) is 7.00. The molecular weight excluding hydrogens is 332 g/mol. The Morgan fingerprint density at radius 1 is 0.913 bits per heavy atom. The monoisotopic (exact) mass is 346 g/mol. The third-order valence-electron chi connectivity index (χ3n) is 3.31. The number of halogens is 1. The van der Waals surface area contributed by atoms with Gasteiger partial charge in [0.25, 0.3) is 0 Å². The van der Waals surface area contributed by atoms with Crippen LogP contribution in [0.15, 0.2) is 73.1 Å². The van der Waals surface area contributed by atoms with E-state index in [1.54, 1.807) is 36.4 Å². The molecule has 23 heavy (non-hydrogen) atoms. The van der Waals surface area contributed by atoms with E-state index in [2.05, 4.69) is 4.72 Å². The molecule has 1 N–H and O–H groups in total. The average molecular weight is 347 g/mol. The maximum atomic E-state index is 12.2. The van der Waals surface area contributed by atoms with Crippen LogP contribution in [-0.2, 0) is 15.8 Å². The normalized spacial score (nSPS) is 11.3. The summed E-state index contributed by atoms with van der Waals surface area (Å²) < 4.78 is 29.0. The molecule has 3 rings (SSSR count). The van der Waals surface area contributed by atoms with Crippen molar-refractivity contribution in [2.24, 2.45) is 0 Å². The third kappa shape index (κ3) is 4.15. The summed E-state index contributed by atoms with van der Waals surface area (Å²) in [5, 5.41) is 0.583. The van der Waals surface area contributed by atoms with E-state index < -0.39 is 10.0 Å². The van der Waals surface area contributed by atoms with Crippen molar-refractivity contribution in [2.75, 3.05) is 4.72 Å². The van der Waals surface area contributed by atoms with Gasteiger partial charge in [-0.3, -0.25) is 4.72 Å².